The number of urea groups is 1. The number of aliphatic imine (C=N–C) groups is 1. The van der Waals surface area contributed by atoms with Gasteiger partial charge in [-0.25, -0.2) is 14.8 Å². The smallest absolute Gasteiger partial charge is 0.319 e. The fourth-order valence-electron chi connectivity index (χ4n) is 3.57. The number of pyridine rings is 1. The topological polar surface area (TPSA) is 94.1 Å². The molecule has 1 atom stereocenters. The number of amides is 2. The van der Waals surface area contributed by atoms with Crippen LogP contribution in [0, 0.1) is 0 Å². The number of nitrogens with one attached hydrogen (secondary N) is 2. The molecule has 1 aliphatic rings. The Kier molecular flexibility index (Phi) is 26.2. The zero-order valence-corrected chi connectivity index (χ0v) is 29.0. The van der Waals surface area contributed by atoms with Gasteiger partial charge in [-0.1, -0.05) is 63.6 Å². The molecule has 0 saturated heterocycles. The van der Waals surface area contributed by atoms with E-state index in [1.807, 2.05) is 71.0 Å². The third-order valence-electron chi connectivity index (χ3n) is 6.04. The second-order valence-electron chi connectivity index (χ2n) is 9.62. The zero-order valence-electron chi connectivity index (χ0n) is 29.0. The van der Waals surface area contributed by atoms with E-state index in [0.717, 1.165) is 49.1 Å². The van der Waals surface area contributed by atoms with Crippen molar-refractivity contribution in [3.8, 4) is 5.88 Å². The lowest BCUT2D eigenvalue weighted by Gasteiger charge is -2.23. The number of hydrogen-bond acceptors (Lipinski definition) is 6. The highest BCUT2D eigenvalue weighted by molar-refractivity contribution is 5.78. The molecule has 0 saturated carbocycles. The number of hydrogen-bond donors (Lipinski definition) is 2. The first kappa shape index (κ1) is 43.0. The van der Waals surface area contributed by atoms with E-state index in [0.29, 0.717) is 12.5 Å². The number of nitrogens with zero attached hydrogens (tertiary/aromatic N) is 2. The molecule has 8 nitrogen and oxygen atoms in total. The van der Waals surface area contributed by atoms with Gasteiger partial charge in [0.15, 0.2) is 5.97 Å². The Morgan fingerprint density at radius 2 is 1.89 bits per heavy atom. The zero-order chi connectivity index (χ0) is 34.5. The minimum atomic E-state index is -0.505. The number of methoxy groups -OCH3 is 2. The van der Waals surface area contributed by atoms with Crippen LogP contribution in [0.3, 0.4) is 0 Å². The Balaban J connectivity index is 0. The average Bonchev–Trinajstić information content (AvgIpc) is 3.45. The largest absolute Gasteiger partial charge is 0.501 e. The SMILES string of the molecule is C=CC/C(=C\C)CCOc1cccc(C2=CC(C)(NC(=O)N/C=C/N=C(F)CC)CC2)n1.C=CCC.CC.CO/C=C(/C)OC. The molecular formula is C36H57FN4O4. The molecule has 0 aliphatic heterocycles. The molecule has 1 aromatic rings. The molecule has 2 amide bonds. The molecule has 0 aromatic carbocycles. The van der Waals surface area contributed by atoms with Gasteiger partial charge < -0.3 is 24.8 Å². The molecule has 1 aliphatic carbocycles. The molecule has 45 heavy (non-hydrogen) atoms. The van der Waals surface area contributed by atoms with Gasteiger partial charge in [-0.05, 0) is 58.1 Å². The third-order valence-corrected chi connectivity index (χ3v) is 6.04. The maximum atomic E-state index is 13.0. The van der Waals surface area contributed by atoms with Crippen molar-refractivity contribution in [2.45, 2.75) is 92.5 Å². The molecule has 0 radical (unpaired) electrons. The van der Waals surface area contributed by atoms with E-state index in [2.05, 4.69) is 51.5 Å². The molecule has 1 aromatic heterocycles. The second kappa shape index (κ2) is 27.4. The summed E-state index contributed by atoms with van der Waals surface area (Å²) in [6, 6.07) is 5.35. The first-order chi connectivity index (χ1) is 21.6. The number of allylic oxidation sites excluding steroid dienone is 5. The van der Waals surface area contributed by atoms with Gasteiger partial charge in [-0.15, -0.1) is 13.2 Å². The van der Waals surface area contributed by atoms with Gasteiger partial charge in [0, 0.05) is 31.3 Å². The molecule has 0 bridgehead atoms. The number of carbonyl (C=O) groups is 1. The van der Waals surface area contributed by atoms with E-state index in [1.54, 1.807) is 27.4 Å². The lowest BCUT2D eigenvalue weighted by molar-refractivity contribution is 0.236. The normalized spacial score (nSPS) is 16.0. The number of aromatic nitrogens is 1. The van der Waals surface area contributed by atoms with E-state index in [9.17, 15) is 9.18 Å². The van der Waals surface area contributed by atoms with Crippen molar-refractivity contribution in [1.29, 1.82) is 0 Å². The molecule has 0 fully saturated rings. The van der Waals surface area contributed by atoms with Crippen LogP contribution >= 0.6 is 0 Å². The molecule has 2 N–H and O–H groups in total. The average molecular weight is 629 g/mol. The Morgan fingerprint density at radius 3 is 2.42 bits per heavy atom. The molecule has 1 unspecified atom stereocenters. The summed E-state index contributed by atoms with van der Waals surface area (Å²) in [5, 5.41) is 5.49. The van der Waals surface area contributed by atoms with Crippen LogP contribution in [0.1, 0.15) is 92.7 Å². The predicted octanol–water partition coefficient (Wildman–Crippen LogP) is 9.61. The van der Waals surface area contributed by atoms with Gasteiger partial charge in [0.1, 0.15) is 12.0 Å². The van der Waals surface area contributed by atoms with Gasteiger partial charge in [-0.3, -0.25) is 0 Å². The standard InChI is InChI=1S/C25H33FN4O2.C5H10O2.C4H8.C2H6/c1-5-9-19(6-2)13-17-32-23-11-8-10-21(29-23)20-12-14-25(4,18-20)30-24(31)28-16-15-27-22(26)7-3;1-5(7-3)4-6-2;1-3-4-2;1-2/h5-6,8,10-11,15-16,18H,1,7,9,12-14,17H2,2-4H3,(H2,28,30,31);4H,1-3H3;3H,1,4H2,2H3;1-2H3/b16-15+,19-6+,27-22?;5-4-;;. The molecule has 2 rings (SSSR count). The quantitative estimate of drug-likeness (QED) is 0.122. The molecule has 1 heterocycles. The number of carbonyl (C=O) groups excluding carboxylic acids is 1. The van der Waals surface area contributed by atoms with Gasteiger partial charge in [0.2, 0.25) is 5.88 Å². The summed E-state index contributed by atoms with van der Waals surface area (Å²) in [5.74, 6) is 0.876. The van der Waals surface area contributed by atoms with Crippen molar-refractivity contribution in [3.63, 3.8) is 0 Å². The predicted molar refractivity (Wildman–Crippen MR) is 188 cm³/mol. The monoisotopic (exact) mass is 628 g/mol. The molecular weight excluding hydrogens is 571 g/mol. The van der Waals surface area contributed by atoms with Gasteiger partial charge in [0.05, 0.1) is 32.1 Å². The summed E-state index contributed by atoms with van der Waals surface area (Å²) in [7, 11) is 3.19. The first-order valence-corrected chi connectivity index (χ1v) is 15.5. The molecule has 0 spiro atoms. The summed E-state index contributed by atoms with van der Waals surface area (Å²) >= 11 is 0. The summed E-state index contributed by atoms with van der Waals surface area (Å²) < 4.78 is 28.1. The fourth-order valence-corrected chi connectivity index (χ4v) is 3.57. The minimum absolute atomic E-state index is 0.217. The van der Waals surface area contributed by atoms with Crippen LogP contribution in [0.15, 0.2) is 90.6 Å². The summed E-state index contributed by atoms with van der Waals surface area (Å²) in [6.07, 6.45) is 16.5. The third kappa shape index (κ3) is 21.2. The number of halogens is 1. The van der Waals surface area contributed by atoms with E-state index in [4.69, 9.17) is 9.47 Å². The highest BCUT2D eigenvalue weighted by Crippen LogP contribution is 2.34. The van der Waals surface area contributed by atoms with E-state index >= 15 is 0 Å². The van der Waals surface area contributed by atoms with Crippen molar-refractivity contribution in [3.05, 3.63) is 91.3 Å². The lowest BCUT2D eigenvalue weighted by atomic mass is 10.0. The van der Waals surface area contributed by atoms with E-state index in [1.165, 1.54) is 18.0 Å². The van der Waals surface area contributed by atoms with Crippen LogP contribution in [-0.2, 0) is 9.47 Å². The number of ether oxygens (including phenoxy) is 3. The van der Waals surface area contributed by atoms with Crippen molar-refractivity contribution in [2.75, 3.05) is 20.8 Å². The van der Waals surface area contributed by atoms with Gasteiger partial charge in [0.25, 0.3) is 0 Å². The fraction of sp³-hybridized carbons (Fsp3) is 0.472. The van der Waals surface area contributed by atoms with Crippen molar-refractivity contribution >= 4 is 17.6 Å². The van der Waals surface area contributed by atoms with E-state index < -0.39 is 11.5 Å². The summed E-state index contributed by atoms with van der Waals surface area (Å²) in [6.45, 7) is 21.3. The first-order valence-electron chi connectivity index (χ1n) is 15.5. The second-order valence-corrected chi connectivity index (χ2v) is 9.62. The maximum absolute atomic E-state index is 13.0. The van der Waals surface area contributed by atoms with Crippen LogP contribution < -0.4 is 15.4 Å². The van der Waals surface area contributed by atoms with Crippen molar-refractivity contribution in [2.24, 2.45) is 4.99 Å². The Hall–Kier alpha value is -4.14. The van der Waals surface area contributed by atoms with Gasteiger partial charge >= 0.3 is 6.03 Å². The van der Waals surface area contributed by atoms with Crippen LogP contribution in [-0.4, -0.2) is 43.3 Å². The van der Waals surface area contributed by atoms with Crippen molar-refractivity contribution < 1.29 is 23.4 Å². The Bertz CT molecular complexity index is 1140. The van der Waals surface area contributed by atoms with E-state index in [-0.39, 0.29) is 12.5 Å². The summed E-state index contributed by atoms with van der Waals surface area (Å²) in [4.78, 5) is 20.4. The van der Waals surface area contributed by atoms with Gasteiger partial charge in [-0.2, -0.15) is 4.39 Å². The van der Waals surface area contributed by atoms with Crippen LogP contribution in [0.5, 0.6) is 5.88 Å². The highest BCUT2D eigenvalue weighted by atomic mass is 19.1. The lowest BCUT2D eigenvalue weighted by Crippen LogP contribution is -2.46. The van der Waals surface area contributed by atoms with Crippen LogP contribution in [0.2, 0.25) is 0 Å². The van der Waals surface area contributed by atoms with Crippen molar-refractivity contribution in [1.82, 2.24) is 15.6 Å². The minimum Gasteiger partial charge on any atom is -0.501 e. The van der Waals surface area contributed by atoms with Crippen LogP contribution in [0.25, 0.3) is 5.57 Å². The van der Waals surface area contributed by atoms with Crippen LogP contribution in [0.4, 0.5) is 9.18 Å². The Morgan fingerprint density at radius 1 is 1.20 bits per heavy atom. The number of rotatable bonds is 14. The highest BCUT2D eigenvalue weighted by Gasteiger charge is 2.30. The molecule has 9 heteroatoms. The summed E-state index contributed by atoms with van der Waals surface area (Å²) in [5.41, 5.74) is 2.68. The maximum Gasteiger partial charge on any atom is 0.319 e. The molecule has 252 valence electrons. The Labute approximate surface area is 272 Å².